The molecular weight excluding hydrogens is 226 g/mol. The lowest BCUT2D eigenvalue weighted by Crippen LogP contribution is -2.47. The van der Waals surface area contributed by atoms with Gasteiger partial charge in [0.25, 0.3) is 0 Å². The van der Waals surface area contributed by atoms with E-state index in [0.717, 1.165) is 24.3 Å². The van der Waals surface area contributed by atoms with Crippen LogP contribution in [0.25, 0.3) is 5.65 Å². The van der Waals surface area contributed by atoms with Crippen molar-refractivity contribution in [3.05, 3.63) is 24.5 Å². The van der Waals surface area contributed by atoms with Crippen molar-refractivity contribution >= 4 is 11.5 Å². The lowest BCUT2D eigenvalue weighted by Gasteiger charge is -2.37. The number of rotatable bonds is 3. The lowest BCUT2D eigenvalue weighted by atomic mass is 9.82. The molecule has 2 heterocycles. The highest BCUT2D eigenvalue weighted by atomic mass is 15.2. The SMILES string of the molecule is NCC1(Nc2ccn3nccc3n2)CCCCC1. The molecule has 2 aromatic rings. The van der Waals surface area contributed by atoms with Gasteiger partial charge in [0.15, 0.2) is 5.65 Å². The van der Waals surface area contributed by atoms with Gasteiger partial charge in [-0.05, 0) is 18.9 Å². The molecule has 0 bridgehead atoms. The van der Waals surface area contributed by atoms with Gasteiger partial charge in [-0.15, -0.1) is 0 Å². The number of aromatic nitrogens is 3. The molecule has 0 amide bonds. The van der Waals surface area contributed by atoms with Crippen molar-refractivity contribution < 1.29 is 0 Å². The summed E-state index contributed by atoms with van der Waals surface area (Å²) in [7, 11) is 0. The number of hydrogen-bond donors (Lipinski definition) is 2. The van der Waals surface area contributed by atoms with E-state index in [2.05, 4.69) is 15.4 Å². The van der Waals surface area contributed by atoms with Crippen molar-refractivity contribution in [3.63, 3.8) is 0 Å². The molecular formula is C13H19N5. The van der Waals surface area contributed by atoms with Crippen molar-refractivity contribution in [1.82, 2.24) is 14.6 Å². The van der Waals surface area contributed by atoms with E-state index in [9.17, 15) is 0 Å². The van der Waals surface area contributed by atoms with Crippen LogP contribution in [0, 0.1) is 0 Å². The lowest BCUT2D eigenvalue weighted by molar-refractivity contribution is 0.330. The van der Waals surface area contributed by atoms with E-state index < -0.39 is 0 Å². The van der Waals surface area contributed by atoms with E-state index in [0.29, 0.717) is 6.54 Å². The third-order valence-electron chi connectivity index (χ3n) is 3.85. The van der Waals surface area contributed by atoms with E-state index in [-0.39, 0.29) is 5.54 Å². The zero-order valence-corrected chi connectivity index (χ0v) is 10.5. The van der Waals surface area contributed by atoms with Crippen molar-refractivity contribution in [1.29, 1.82) is 0 Å². The fourth-order valence-corrected chi connectivity index (χ4v) is 2.76. The molecule has 96 valence electrons. The molecule has 2 aromatic heterocycles. The van der Waals surface area contributed by atoms with Crippen LogP contribution in [0.4, 0.5) is 5.82 Å². The largest absolute Gasteiger partial charge is 0.363 e. The Morgan fingerprint density at radius 1 is 1.28 bits per heavy atom. The van der Waals surface area contributed by atoms with Crippen LogP contribution in [-0.2, 0) is 0 Å². The first-order valence-corrected chi connectivity index (χ1v) is 6.60. The Kier molecular flexibility index (Phi) is 2.91. The summed E-state index contributed by atoms with van der Waals surface area (Å²) in [5.74, 6) is 0.898. The summed E-state index contributed by atoms with van der Waals surface area (Å²) in [5.41, 5.74) is 6.87. The van der Waals surface area contributed by atoms with Gasteiger partial charge in [-0.2, -0.15) is 5.10 Å². The molecule has 1 fully saturated rings. The second-order valence-corrected chi connectivity index (χ2v) is 5.12. The minimum absolute atomic E-state index is 0.0314. The van der Waals surface area contributed by atoms with Gasteiger partial charge in [0.05, 0.1) is 11.7 Å². The third kappa shape index (κ3) is 2.06. The molecule has 3 rings (SSSR count). The van der Waals surface area contributed by atoms with Gasteiger partial charge in [-0.25, -0.2) is 9.50 Å². The van der Waals surface area contributed by atoms with Crippen LogP contribution in [0.2, 0.25) is 0 Å². The quantitative estimate of drug-likeness (QED) is 0.865. The average molecular weight is 245 g/mol. The molecule has 1 aliphatic carbocycles. The van der Waals surface area contributed by atoms with Crippen LogP contribution >= 0.6 is 0 Å². The maximum absolute atomic E-state index is 5.97. The van der Waals surface area contributed by atoms with Gasteiger partial charge >= 0.3 is 0 Å². The molecule has 0 aliphatic heterocycles. The summed E-state index contributed by atoms with van der Waals surface area (Å²) in [5, 5.41) is 7.69. The fourth-order valence-electron chi connectivity index (χ4n) is 2.76. The molecule has 5 nitrogen and oxygen atoms in total. The summed E-state index contributed by atoms with van der Waals surface area (Å²) in [6.07, 6.45) is 9.77. The summed E-state index contributed by atoms with van der Waals surface area (Å²) >= 11 is 0. The number of nitrogens with two attached hydrogens (primary N) is 1. The van der Waals surface area contributed by atoms with Crippen molar-refractivity contribution in [3.8, 4) is 0 Å². The number of fused-ring (bicyclic) bond motifs is 1. The van der Waals surface area contributed by atoms with Crippen LogP contribution in [0.1, 0.15) is 32.1 Å². The first-order chi connectivity index (χ1) is 8.81. The van der Waals surface area contributed by atoms with Crippen LogP contribution in [0.3, 0.4) is 0 Å². The summed E-state index contributed by atoms with van der Waals surface area (Å²) in [6, 6.07) is 3.87. The summed E-state index contributed by atoms with van der Waals surface area (Å²) in [6.45, 7) is 0.666. The van der Waals surface area contributed by atoms with Gasteiger partial charge in [0, 0.05) is 18.8 Å². The average Bonchev–Trinajstić information content (AvgIpc) is 2.87. The Bertz CT molecular complexity index is 527. The van der Waals surface area contributed by atoms with Crippen molar-refractivity contribution in [2.45, 2.75) is 37.6 Å². The number of nitrogens with zero attached hydrogens (tertiary/aromatic N) is 3. The first-order valence-electron chi connectivity index (χ1n) is 6.60. The molecule has 18 heavy (non-hydrogen) atoms. The van der Waals surface area contributed by atoms with E-state index in [1.54, 1.807) is 10.7 Å². The second-order valence-electron chi connectivity index (χ2n) is 5.12. The topological polar surface area (TPSA) is 68.2 Å². The van der Waals surface area contributed by atoms with Gasteiger partial charge < -0.3 is 11.1 Å². The molecule has 1 saturated carbocycles. The van der Waals surface area contributed by atoms with E-state index in [1.165, 1.54) is 19.3 Å². The highest BCUT2D eigenvalue weighted by Gasteiger charge is 2.30. The molecule has 0 saturated heterocycles. The maximum Gasteiger partial charge on any atom is 0.157 e. The van der Waals surface area contributed by atoms with E-state index in [4.69, 9.17) is 5.73 Å². The van der Waals surface area contributed by atoms with Crippen LogP contribution < -0.4 is 11.1 Å². The van der Waals surface area contributed by atoms with Gasteiger partial charge in [-0.3, -0.25) is 0 Å². The number of nitrogens with one attached hydrogen (secondary N) is 1. The second kappa shape index (κ2) is 4.57. The molecule has 3 N–H and O–H groups in total. The third-order valence-corrected chi connectivity index (χ3v) is 3.85. The van der Waals surface area contributed by atoms with E-state index >= 15 is 0 Å². The predicted molar refractivity (Wildman–Crippen MR) is 71.5 cm³/mol. The molecule has 0 spiro atoms. The monoisotopic (exact) mass is 245 g/mol. The first kappa shape index (κ1) is 11.5. The number of hydrogen-bond acceptors (Lipinski definition) is 4. The molecule has 0 unspecified atom stereocenters. The fraction of sp³-hybridized carbons (Fsp3) is 0.538. The summed E-state index contributed by atoms with van der Waals surface area (Å²) < 4.78 is 1.77. The smallest absolute Gasteiger partial charge is 0.157 e. The predicted octanol–water partition coefficient (Wildman–Crippen LogP) is 1.80. The van der Waals surface area contributed by atoms with Gasteiger partial charge in [-0.1, -0.05) is 19.3 Å². The Balaban J connectivity index is 1.85. The Hall–Kier alpha value is -1.62. The number of anilines is 1. The van der Waals surface area contributed by atoms with Crippen LogP contribution in [0.15, 0.2) is 24.5 Å². The minimum atomic E-state index is 0.0314. The van der Waals surface area contributed by atoms with E-state index in [1.807, 2.05) is 18.3 Å². The Morgan fingerprint density at radius 3 is 2.89 bits per heavy atom. The van der Waals surface area contributed by atoms with Gasteiger partial charge in [0.2, 0.25) is 0 Å². The van der Waals surface area contributed by atoms with Crippen LogP contribution in [0.5, 0.6) is 0 Å². The normalized spacial score (nSPS) is 18.9. The Labute approximate surface area is 106 Å². The maximum atomic E-state index is 5.97. The molecule has 0 atom stereocenters. The molecule has 0 aromatic carbocycles. The molecule has 0 radical (unpaired) electrons. The standard InChI is InChI=1S/C13H19N5/c14-10-13(6-2-1-3-7-13)17-11-5-9-18-12(16-11)4-8-15-18/h4-5,8-9H,1-3,6-7,10,14H2,(H,16,17). The van der Waals surface area contributed by atoms with Crippen molar-refractivity contribution in [2.24, 2.45) is 5.73 Å². The Morgan fingerprint density at radius 2 is 2.11 bits per heavy atom. The van der Waals surface area contributed by atoms with Crippen molar-refractivity contribution in [2.75, 3.05) is 11.9 Å². The highest BCUT2D eigenvalue weighted by Crippen LogP contribution is 2.30. The van der Waals surface area contributed by atoms with Crippen LogP contribution in [-0.4, -0.2) is 26.7 Å². The zero-order valence-electron chi connectivity index (χ0n) is 10.5. The molecule has 1 aliphatic rings. The van der Waals surface area contributed by atoms with Gasteiger partial charge in [0.1, 0.15) is 5.82 Å². The highest BCUT2D eigenvalue weighted by molar-refractivity contribution is 5.47. The minimum Gasteiger partial charge on any atom is -0.363 e. The zero-order chi connectivity index (χ0) is 12.4. The summed E-state index contributed by atoms with van der Waals surface area (Å²) in [4.78, 5) is 4.56. The molecule has 5 heteroatoms.